The van der Waals surface area contributed by atoms with Gasteiger partial charge in [-0.1, -0.05) is 13.8 Å². The van der Waals surface area contributed by atoms with E-state index < -0.39 is 11.9 Å². The third-order valence-corrected chi connectivity index (χ3v) is 5.16. The Kier molecular flexibility index (Phi) is 8.87. The number of carbonyl (C=O) groups is 2. The lowest BCUT2D eigenvalue weighted by Gasteiger charge is -2.20. The lowest BCUT2D eigenvalue weighted by molar-refractivity contribution is -0.123. The van der Waals surface area contributed by atoms with Crippen molar-refractivity contribution in [3.8, 4) is 17.2 Å². The van der Waals surface area contributed by atoms with Crippen LogP contribution in [0.15, 0.2) is 46.0 Å². The molecule has 8 nitrogen and oxygen atoms in total. The first-order valence-corrected chi connectivity index (χ1v) is 10.3. The summed E-state index contributed by atoms with van der Waals surface area (Å²) in [6.07, 6.45) is 1.48. The molecule has 0 bridgehead atoms. The van der Waals surface area contributed by atoms with Crippen LogP contribution in [0, 0.1) is 5.92 Å². The van der Waals surface area contributed by atoms with Crippen LogP contribution in [-0.2, 0) is 4.79 Å². The first kappa shape index (κ1) is 24.2. The van der Waals surface area contributed by atoms with Gasteiger partial charge in [-0.15, -0.1) is 0 Å². The van der Waals surface area contributed by atoms with E-state index in [4.69, 9.17) is 14.2 Å². The third kappa shape index (κ3) is 6.45. The Morgan fingerprint density at radius 2 is 1.61 bits per heavy atom. The lowest BCUT2D eigenvalue weighted by atomic mass is 10.0. The number of benzene rings is 2. The average molecular weight is 492 g/mol. The summed E-state index contributed by atoms with van der Waals surface area (Å²) in [7, 11) is 4.63. The zero-order chi connectivity index (χ0) is 23.0. The molecule has 2 aromatic rings. The van der Waals surface area contributed by atoms with E-state index in [-0.39, 0.29) is 11.8 Å². The summed E-state index contributed by atoms with van der Waals surface area (Å²) in [4.78, 5) is 25.2. The molecule has 0 heterocycles. The Bertz CT molecular complexity index is 945. The number of methoxy groups -OCH3 is 3. The van der Waals surface area contributed by atoms with Gasteiger partial charge in [-0.25, -0.2) is 5.43 Å². The van der Waals surface area contributed by atoms with Gasteiger partial charge in [0.15, 0.2) is 11.5 Å². The highest BCUT2D eigenvalue weighted by atomic mass is 79.9. The molecular formula is C22H26BrN3O5. The van der Waals surface area contributed by atoms with Crippen LogP contribution in [0.2, 0.25) is 0 Å². The van der Waals surface area contributed by atoms with Crippen molar-refractivity contribution in [3.63, 3.8) is 0 Å². The molecule has 0 aliphatic heterocycles. The molecule has 0 aliphatic rings. The summed E-state index contributed by atoms with van der Waals surface area (Å²) < 4.78 is 16.3. The van der Waals surface area contributed by atoms with Crippen molar-refractivity contribution in [1.82, 2.24) is 10.7 Å². The van der Waals surface area contributed by atoms with Crippen LogP contribution < -0.4 is 25.0 Å². The van der Waals surface area contributed by atoms with Crippen molar-refractivity contribution in [2.24, 2.45) is 11.0 Å². The van der Waals surface area contributed by atoms with Crippen LogP contribution in [0.4, 0.5) is 0 Å². The van der Waals surface area contributed by atoms with Crippen LogP contribution >= 0.6 is 15.9 Å². The molecule has 166 valence electrons. The monoisotopic (exact) mass is 491 g/mol. The minimum atomic E-state index is -0.763. The minimum absolute atomic E-state index is 0.148. The number of halogens is 1. The Labute approximate surface area is 190 Å². The van der Waals surface area contributed by atoms with Crippen LogP contribution in [0.3, 0.4) is 0 Å². The standard InChI is InChI=1S/C22H26BrN3O5/c1-13(2)20(25-21(27)14-6-8-16(29-3)9-7-14)22(28)26-24-12-15-10-18(30-4)19(31-5)11-17(15)23/h6-13,20H,1-5H3,(H,25,27)(H,26,28). The van der Waals surface area contributed by atoms with Gasteiger partial charge in [0, 0.05) is 15.6 Å². The van der Waals surface area contributed by atoms with E-state index in [1.165, 1.54) is 13.3 Å². The SMILES string of the molecule is COc1ccc(C(=O)NC(C(=O)NN=Cc2cc(OC)c(OC)cc2Br)C(C)C)cc1. The van der Waals surface area contributed by atoms with Gasteiger partial charge in [0.05, 0.1) is 27.5 Å². The average Bonchev–Trinajstić information content (AvgIpc) is 2.77. The molecule has 2 aromatic carbocycles. The minimum Gasteiger partial charge on any atom is -0.497 e. The number of hydrogen-bond acceptors (Lipinski definition) is 6. The highest BCUT2D eigenvalue weighted by molar-refractivity contribution is 9.10. The molecule has 0 saturated heterocycles. The van der Waals surface area contributed by atoms with E-state index in [2.05, 4.69) is 31.8 Å². The Balaban J connectivity index is 2.07. The predicted molar refractivity (Wildman–Crippen MR) is 122 cm³/mol. The molecule has 0 saturated carbocycles. The fourth-order valence-electron chi connectivity index (χ4n) is 2.71. The molecular weight excluding hydrogens is 466 g/mol. The lowest BCUT2D eigenvalue weighted by Crippen LogP contribution is -2.48. The van der Waals surface area contributed by atoms with Crippen molar-refractivity contribution in [1.29, 1.82) is 0 Å². The van der Waals surface area contributed by atoms with Crippen molar-refractivity contribution in [3.05, 3.63) is 52.0 Å². The Hall–Kier alpha value is -3.07. The molecule has 0 spiro atoms. The number of hydrogen-bond donors (Lipinski definition) is 2. The summed E-state index contributed by atoms with van der Waals surface area (Å²) in [5, 5.41) is 6.77. The first-order chi connectivity index (χ1) is 14.8. The summed E-state index contributed by atoms with van der Waals surface area (Å²) in [6.45, 7) is 3.68. The number of nitrogens with zero attached hydrogens (tertiary/aromatic N) is 1. The van der Waals surface area contributed by atoms with Gasteiger partial charge in [-0.05, 0) is 58.2 Å². The number of hydrazone groups is 1. The smallest absolute Gasteiger partial charge is 0.262 e. The highest BCUT2D eigenvalue weighted by Crippen LogP contribution is 2.32. The van der Waals surface area contributed by atoms with Crippen LogP contribution in [0.25, 0.3) is 0 Å². The number of ether oxygens (including phenoxy) is 3. The molecule has 31 heavy (non-hydrogen) atoms. The van der Waals surface area contributed by atoms with Gasteiger partial charge in [0.1, 0.15) is 11.8 Å². The highest BCUT2D eigenvalue weighted by Gasteiger charge is 2.24. The summed E-state index contributed by atoms with van der Waals surface area (Å²) in [6, 6.07) is 9.35. The molecule has 2 amide bonds. The predicted octanol–water partition coefficient (Wildman–Crippen LogP) is 3.38. The molecule has 2 rings (SSSR count). The second kappa shape index (κ2) is 11.4. The van der Waals surface area contributed by atoms with Crippen LogP contribution in [-0.4, -0.2) is 45.4 Å². The normalized spacial score (nSPS) is 11.8. The van der Waals surface area contributed by atoms with Crippen molar-refractivity contribution in [2.45, 2.75) is 19.9 Å². The summed E-state index contributed by atoms with van der Waals surface area (Å²) >= 11 is 3.43. The summed E-state index contributed by atoms with van der Waals surface area (Å²) in [5.74, 6) is 0.811. The van der Waals surface area contributed by atoms with Gasteiger partial charge < -0.3 is 19.5 Å². The second-order valence-electron chi connectivity index (χ2n) is 6.89. The van der Waals surface area contributed by atoms with Gasteiger partial charge in [0.2, 0.25) is 0 Å². The number of nitrogens with one attached hydrogen (secondary N) is 2. The van der Waals surface area contributed by atoms with Gasteiger partial charge in [-0.3, -0.25) is 9.59 Å². The van der Waals surface area contributed by atoms with Gasteiger partial charge >= 0.3 is 0 Å². The third-order valence-electron chi connectivity index (χ3n) is 4.47. The summed E-state index contributed by atoms with van der Waals surface area (Å²) in [5.41, 5.74) is 3.59. The molecule has 9 heteroatoms. The van der Waals surface area contributed by atoms with E-state index in [1.807, 2.05) is 13.8 Å². The topological polar surface area (TPSA) is 98.2 Å². The maximum atomic E-state index is 12.6. The van der Waals surface area contributed by atoms with E-state index in [9.17, 15) is 9.59 Å². The molecule has 0 aromatic heterocycles. The Morgan fingerprint density at radius 1 is 1.00 bits per heavy atom. The second-order valence-corrected chi connectivity index (χ2v) is 7.74. The van der Waals surface area contributed by atoms with E-state index >= 15 is 0 Å². The van der Waals surface area contributed by atoms with Gasteiger partial charge in [0.25, 0.3) is 11.8 Å². The molecule has 0 radical (unpaired) electrons. The van der Waals surface area contributed by atoms with E-state index in [0.29, 0.717) is 28.4 Å². The van der Waals surface area contributed by atoms with Crippen LogP contribution in [0.1, 0.15) is 29.8 Å². The fourth-order valence-corrected chi connectivity index (χ4v) is 3.13. The molecule has 1 atom stereocenters. The van der Waals surface area contributed by atoms with E-state index in [0.717, 1.165) is 4.47 Å². The molecule has 2 N–H and O–H groups in total. The number of rotatable bonds is 9. The maximum Gasteiger partial charge on any atom is 0.262 e. The Morgan fingerprint density at radius 3 is 2.16 bits per heavy atom. The fraction of sp³-hybridized carbons (Fsp3) is 0.318. The molecule has 1 unspecified atom stereocenters. The first-order valence-electron chi connectivity index (χ1n) is 9.50. The van der Waals surface area contributed by atoms with Crippen LogP contribution in [0.5, 0.6) is 17.2 Å². The maximum absolute atomic E-state index is 12.6. The van der Waals surface area contributed by atoms with E-state index in [1.54, 1.807) is 50.6 Å². The van der Waals surface area contributed by atoms with Gasteiger partial charge in [-0.2, -0.15) is 5.10 Å². The molecule has 0 aliphatic carbocycles. The number of carbonyl (C=O) groups excluding carboxylic acids is 2. The number of amides is 2. The quantitative estimate of drug-likeness (QED) is 0.413. The zero-order valence-corrected chi connectivity index (χ0v) is 19.6. The zero-order valence-electron chi connectivity index (χ0n) is 18.1. The molecule has 0 fully saturated rings. The van der Waals surface area contributed by atoms with Crippen molar-refractivity contribution in [2.75, 3.05) is 21.3 Å². The largest absolute Gasteiger partial charge is 0.497 e. The van der Waals surface area contributed by atoms with Crippen molar-refractivity contribution < 1.29 is 23.8 Å². The van der Waals surface area contributed by atoms with Crippen molar-refractivity contribution >= 4 is 34.0 Å².